The van der Waals surface area contributed by atoms with Crippen LogP contribution in [0.1, 0.15) is 110 Å². The second-order valence-electron chi connectivity index (χ2n) is 17.0. The maximum atomic E-state index is 13.9. The van der Waals surface area contributed by atoms with Crippen molar-refractivity contribution in [3.63, 3.8) is 0 Å². The number of hydrogen-bond acceptors (Lipinski definition) is 11. The smallest absolute Gasteiger partial charge is 0.444 e. The molecule has 14 nitrogen and oxygen atoms in total. The normalized spacial score (nSPS) is 12.8. The number of ether oxygens (including phenoxy) is 5. The summed E-state index contributed by atoms with van der Waals surface area (Å²) in [6.45, 7) is 26.0. The van der Waals surface area contributed by atoms with Gasteiger partial charge in [0.25, 0.3) is 0 Å². The molecule has 0 saturated heterocycles. The lowest BCUT2D eigenvalue weighted by Gasteiger charge is -2.30. The highest BCUT2D eigenvalue weighted by atomic mass is 79.9. The van der Waals surface area contributed by atoms with Crippen molar-refractivity contribution < 1.29 is 42.9 Å². The highest BCUT2D eigenvalue weighted by Crippen LogP contribution is 2.36. The van der Waals surface area contributed by atoms with Gasteiger partial charge in [0.15, 0.2) is 5.82 Å². The zero-order chi connectivity index (χ0) is 39.8. The number of fused-ring (bicyclic) bond motifs is 3. The molecular weight excluding hydrogens is 738 g/mol. The second-order valence-corrected chi connectivity index (χ2v) is 17.9. The van der Waals surface area contributed by atoms with E-state index < -0.39 is 52.4 Å². The Labute approximate surface area is 314 Å². The van der Waals surface area contributed by atoms with Crippen molar-refractivity contribution in [2.45, 2.75) is 145 Å². The van der Waals surface area contributed by atoms with Gasteiger partial charge in [0.2, 0.25) is 0 Å². The Hall–Kier alpha value is -4.14. The predicted molar refractivity (Wildman–Crippen MR) is 201 cm³/mol. The molecule has 0 radical (unpaired) electrons. The van der Waals surface area contributed by atoms with E-state index in [-0.39, 0.29) is 31.0 Å². The molecule has 0 unspecified atom stereocenters. The minimum Gasteiger partial charge on any atom is -0.444 e. The molecule has 0 atom stereocenters. The van der Waals surface area contributed by atoms with E-state index in [4.69, 9.17) is 33.7 Å². The van der Waals surface area contributed by atoms with Crippen LogP contribution >= 0.6 is 15.9 Å². The van der Waals surface area contributed by atoms with Crippen LogP contribution in [0.15, 0.2) is 22.7 Å². The van der Waals surface area contributed by atoms with E-state index in [1.54, 1.807) is 114 Å². The molecule has 0 aliphatic rings. The van der Waals surface area contributed by atoms with Crippen molar-refractivity contribution >= 4 is 68.1 Å². The van der Waals surface area contributed by atoms with Crippen molar-refractivity contribution in [3.8, 4) is 0 Å². The van der Waals surface area contributed by atoms with Crippen LogP contribution in [0.3, 0.4) is 0 Å². The summed E-state index contributed by atoms with van der Waals surface area (Å²) in [7, 11) is 0. The fourth-order valence-corrected chi connectivity index (χ4v) is 5.26. The Morgan fingerprint density at radius 1 is 0.712 bits per heavy atom. The zero-order valence-corrected chi connectivity index (χ0v) is 34.7. The van der Waals surface area contributed by atoms with E-state index in [2.05, 4.69) is 15.9 Å². The van der Waals surface area contributed by atoms with Crippen LogP contribution in [0, 0.1) is 0 Å². The van der Waals surface area contributed by atoms with Crippen LogP contribution in [-0.4, -0.2) is 78.4 Å². The molecule has 288 valence electrons. The Morgan fingerprint density at radius 2 is 1.21 bits per heavy atom. The van der Waals surface area contributed by atoms with Gasteiger partial charge < -0.3 is 33.2 Å². The number of imidazole rings is 1. The SMILES string of the molecule is CCN(Cc1nc2c(N(C(=O)OC(C)(C)C)C(=O)OC(C)(C)C)nc3cc(Br)ccc3c2n1CC(C)(C)OC(=O)OC(C)(C)C)C(=O)OC(C)(C)C. The average Bonchev–Trinajstić information content (AvgIpc) is 3.24. The molecule has 0 fully saturated rings. The van der Waals surface area contributed by atoms with Crippen LogP contribution in [0.5, 0.6) is 0 Å². The van der Waals surface area contributed by atoms with Gasteiger partial charge in [-0.25, -0.2) is 29.1 Å². The molecule has 0 N–H and O–H groups in total. The first-order valence-corrected chi connectivity index (χ1v) is 17.9. The second kappa shape index (κ2) is 15.1. The average molecular weight is 793 g/mol. The molecule has 2 aromatic heterocycles. The topological polar surface area (TPSA) is 152 Å². The molecule has 0 spiro atoms. The quantitative estimate of drug-likeness (QED) is 0.166. The Morgan fingerprint density at radius 3 is 1.69 bits per heavy atom. The fourth-order valence-electron chi connectivity index (χ4n) is 4.91. The molecule has 3 amide bonds. The summed E-state index contributed by atoms with van der Waals surface area (Å²) in [6.07, 6.45) is -3.50. The van der Waals surface area contributed by atoms with E-state index >= 15 is 0 Å². The highest BCUT2D eigenvalue weighted by molar-refractivity contribution is 9.10. The van der Waals surface area contributed by atoms with E-state index in [1.165, 1.54) is 4.90 Å². The largest absolute Gasteiger partial charge is 0.509 e. The van der Waals surface area contributed by atoms with E-state index in [9.17, 15) is 19.2 Å². The number of nitrogens with zero attached hydrogens (tertiary/aromatic N) is 5. The van der Waals surface area contributed by atoms with Crippen LogP contribution in [0.25, 0.3) is 21.9 Å². The highest BCUT2D eigenvalue weighted by Gasteiger charge is 2.38. The standard InChI is InChI=1S/C37H54BrN5O9/c1-16-41(29(44)48-33(2,3)4)20-25-40-26-27(42(25)21-37(14,15)52-32(47)51-36(11,12)13)23-18-17-22(38)19-24(23)39-28(26)43(30(45)49-34(5,6)7)31(46)50-35(8,9)10/h17-19H,16,20-21H2,1-15H3. The molecule has 0 aliphatic carbocycles. The van der Waals surface area contributed by atoms with Gasteiger partial charge in [0, 0.05) is 16.4 Å². The van der Waals surface area contributed by atoms with Crippen molar-refractivity contribution in [1.29, 1.82) is 0 Å². The van der Waals surface area contributed by atoms with Gasteiger partial charge >= 0.3 is 24.4 Å². The lowest BCUT2D eigenvalue weighted by molar-refractivity contribution is -0.0582. The van der Waals surface area contributed by atoms with Crippen molar-refractivity contribution in [2.24, 2.45) is 0 Å². The molecule has 0 bridgehead atoms. The minimum atomic E-state index is -1.20. The molecular formula is C37H54BrN5O9. The van der Waals surface area contributed by atoms with Crippen LogP contribution in [-0.2, 0) is 36.8 Å². The third kappa shape index (κ3) is 11.7. The summed E-state index contributed by atoms with van der Waals surface area (Å²) in [5.74, 6) is 0.172. The summed E-state index contributed by atoms with van der Waals surface area (Å²) in [6, 6.07) is 5.37. The van der Waals surface area contributed by atoms with Crippen molar-refractivity contribution in [2.75, 3.05) is 11.4 Å². The molecule has 0 aliphatic heterocycles. The summed E-state index contributed by atoms with van der Waals surface area (Å²) >= 11 is 3.51. The molecule has 52 heavy (non-hydrogen) atoms. The summed E-state index contributed by atoms with van der Waals surface area (Å²) in [4.78, 5) is 66.1. The molecule has 15 heteroatoms. The number of carbonyl (C=O) groups is 4. The Bertz CT molecular complexity index is 1800. The summed E-state index contributed by atoms with van der Waals surface area (Å²) in [5.41, 5.74) is -3.77. The van der Waals surface area contributed by atoms with Gasteiger partial charge in [-0.2, -0.15) is 4.90 Å². The molecule has 1 aromatic carbocycles. The number of hydrogen-bond donors (Lipinski definition) is 0. The number of imide groups is 1. The van der Waals surface area contributed by atoms with Crippen molar-refractivity contribution in [3.05, 3.63) is 28.5 Å². The van der Waals surface area contributed by atoms with E-state index in [1.807, 2.05) is 12.1 Å². The summed E-state index contributed by atoms with van der Waals surface area (Å²) in [5, 5.41) is 0.599. The first-order chi connectivity index (χ1) is 23.5. The zero-order valence-electron chi connectivity index (χ0n) is 33.1. The Balaban J connectivity index is 2.45. The van der Waals surface area contributed by atoms with E-state index in [0.717, 1.165) is 4.90 Å². The lowest BCUT2D eigenvalue weighted by Crippen LogP contribution is -2.44. The number of halogens is 1. The maximum Gasteiger partial charge on any atom is 0.509 e. The van der Waals surface area contributed by atoms with Gasteiger partial charge in [0.05, 0.1) is 24.1 Å². The van der Waals surface area contributed by atoms with Crippen LogP contribution in [0.4, 0.5) is 25.0 Å². The number of pyridine rings is 1. The van der Waals surface area contributed by atoms with Crippen LogP contribution < -0.4 is 4.90 Å². The molecule has 3 rings (SSSR count). The maximum absolute atomic E-state index is 13.9. The number of amides is 3. The third-order valence-electron chi connectivity index (χ3n) is 6.72. The first-order valence-electron chi connectivity index (χ1n) is 17.1. The van der Waals surface area contributed by atoms with Gasteiger partial charge in [-0.15, -0.1) is 0 Å². The number of benzene rings is 1. The first kappa shape index (κ1) is 42.3. The predicted octanol–water partition coefficient (Wildman–Crippen LogP) is 9.51. The number of rotatable bonds is 7. The third-order valence-corrected chi connectivity index (χ3v) is 7.21. The number of carbonyl (C=O) groups excluding carboxylic acids is 4. The van der Waals surface area contributed by atoms with Crippen LogP contribution in [0.2, 0.25) is 0 Å². The lowest BCUT2D eigenvalue weighted by atomic mass is 10.1. The molecule has 2 heterocycles. The fraction of sp³-hybridized carbons (Fsp3) is 0.622. The van der Waals surface area contributed by atoms with Gasteiger partial charge in [-0.3, -0.25) is 0 Å². The van der Waals surface area contributed by atoms with Gasteiger partial charge in [-0.05, 0) is 122 Å². The number of aromatic nitrogens is 3. The number of anilines is 1. The summed E-state index contributed by atoms with van der Waals surface area (Å²) < 4.78 is 30.8. The van der Waals surface area contributed by atoms with Gasteiger partial charge in [0.1, 0.15) is 39.3 Å². The molecule has 3 aromatic rings. The molecule has 0 saturated carbocycles. The minimum absolute atomic E-state index is 0.0114. The van der Waals surface area contributed by atoms with E-state index in [0.29, 0.717) is 26.7 Å². The Kier molecular flexibility index (Phi) is 12.3. The van der Waals surface area contributed by atoms with Gasteiger partial charge in [-0.1, -0.05) is 15.9 Å². The van der Waals surface area contributed by atoms with Crippen molar-refractivity contribution in [1.82, 2.24) is 19.4 Å². The monoisotopic (exact) mass is 791 g/mol.